The standard InChI is InChI=1S/C17H17N3O3S/c1-10-12-7-15(24-17(12)20(3)18-10)16(21)19(2)8-11-4-5-13-14(6-11)23-9-22-13/h4-7H,8-9H2,1-3H3. The van der Waals surface area contributed by atoms with Gasteiger partial charge in [0.1, 0.15) is 4.83 Å². The van der Waals surface area contributed by atoms with Gasteiger partial charge in [0.15, 0.2) is 11.5 Å². The molecule has 0 saturated carbocycles. The Hall–Kier alpha value is -2.54. The quantitative estimate of drug-likeness (QED) is 0.734. The summed E-state index contributed by atoms with van der Waals surface area (Å²) in [5.74, 6) is 1.49. The minimum atomic E-state index is 0.00765. The van der Waals surface area contributed by atoms with Crippen molar-refractivity contribution in [3.05, 3.63) is 40.4 Å². The van der Waals surface area contributed by atoms with E-state index in [1.807, 2.05) is 50.0 Å². The lowest BCUT2D eigenvalue weighted by molar-refractivity contribution is 0.0790. The molecule has 3 aromatic rings. The SMILES string of the molecule is Cc1nn(C)c2sc(C(=O)N(C)Cc3ccc4c(c3)OCO4)cc12. The van der Waals surface area contributed by atoms with Crippen molar-refractivity contribution < 1.29 is 14.3 Å². The van der Waals surface area contributed by atoms with Gasteiger partial charge >= 0.3 is 0 Å². The first kappa shape index (κ1) is 15.0. The number of nitrogens with zero attached hydrogens (tertiary/aromatic N) is 3. The number of aromatic nitrogens is 2. The fourth-order valence-corrected chi connectivity index (χ4v) is 4.00. The maximum atomic E-state index is 12.7. The zero-order valence-corrected chi connectivity index (χ0v) is 14.5. The van der Waals surface area contributed by atoms with Crippen LogP contribution in [-0.2, 0) is 13.6 Å². The van der Waals surface area contributed by atoms with E-state index >= 15 is 0 Å². The maximum absolute atomic E-state index is 12.7. The smallest absolute Gasteiger partial charge is 0.264 e. The number of amides is 1. The summed E-state index contributed by atoms with van der Waals surface area (Å²) < 4.78 is 12.5. The average Bonchev–Trinajstić information content (AvgIpc) is 3.24. The van der Waals surface area contributed by atoms with Crippen molar-refractivity contribution in [2.24, 2.45) is 7.05 Å². The molecule has 124 valence electrons. The molecule has 0 unspecified atom stereocenters. The van der Waals surface area contributed by atoms with Crippen LogP contribution in [0.25, 0.3) is 10.2 Å². The molecular formula is C17H17N3O3S. The average molecular weight is 343 g/mol. The third-order valence-electron chi connectivity index (χ3n) is 4.11. The minimum Gasteiger partial charge on any atom is -0.454 e. The summed E-state index contributed by atoms with van der Waals surface area (Å²) in [6.07, 6.45) is 0. The molecule has 0 bridgehead atoms. The van der Waals surface area contributed by atoms with Gasteiger partial charge in [0.05, 0.1) is 10.6 Å². The second kappa shape index (κ2) is 5.52. The van der Waals surface area contributed by atoms with Crippen LogP contribution in [0.2, 0.25) is 0 Å². The molecule has 24 heavy (non-hydrogen) atoms. The molecular weight excluding hydrogens is 326 g/mol. The second-order valence-electron chi connectivity index (χ2n) is 5.89. The highest BCUT2D eigenvalue weighted by molar-refractivity contribution is 7.20. The van der Waals surface area contributed by atoms with Gasteiger partial charge in [-0.2, -0.15) is 5.10 Å². The maximum Gasteiger partial charge on any atom is 0.264 e. The molecule has 0 spiro atoms. The van der Waals surface area contributed by atoms with Crippen molar-refractivity contribution >= 4 is 27.5 Å². The number of carbonyl (C=O) groups is 1. The number of carbonyl (C=O) groups excluding carboxylic acids is 1. The Labute approximate surface area is 143 Å². The Morgan fingerprint density at radius 2 is 2.12 bits per heavy atom. The summed E-state index contributed by atoms with van der Waals surface area (Å²) in [6, 6.07) is 7.69. The van der Waals surface area contributed by atoms with Crippen molar-refractivity contribution in [1.29, 1.82) is 0 Å². The summed E-state index contributed by atoms with van der Waals surface area (Å²) in [4.78, 5) is 16.2. The topological polar surface area (TPSA) is 56.6 Å². The molecule has 1 aromatic carbocycles. The van der Waals surface area contributed by atoms with Crippen LogP contribution in [0.4, 0.5) is 0 Å². The molecule has 0 saturated heterocycles. The van der Waals surface area contributed by atoms with Gasteiger partial charge in [0, 0.05) is 26.0 Å². The van der Waals surface area contributed by atoms with Crippen LogP contribution in [0.3, 0.4) is 0 Å². The van der Waals surface area contributed by atoms with E-state index in [0.29, 0.717) is 6.54 Å². The van der Waals surface area contributed by atoms with Crippen molar-refractivity contribution in [2.45, 2.75) is 13.5 Å². The van der Waals surface area contributed by atoms with Crippen molar-refractivity contribution in [2.75, 3.05) is 13.8 Å². The number of thiophene rings is 1. The van der Waals surface area contributed by atoms with E-state index in [9.17, 15) is 4.79 Å². The molecule has 7 heteroatoms. The molecule has 0 fully saturated rings. The van der Waals surface area contributed by atoms with Crippen molar-refractivity contribution in [1.82, 2.24) is 14.7 Å². The number of rotatable bonds is 3. The molecule has 1 amide bonds. The Kier molecular flexibility index (Phi) is 3.45. The van der Waals surface area contributed by atoms with E-state index in [4.69, 9.17) is 9.47 Å². The zero-order chi connectivity index (χ0) is 16.8. The van der Waals surface area contributed by atoms with Crippen LogP contribution in [0.5, 0.6) is 11.5 Å². The van der Waals surface area contributed by atoms with Gasteiger partial charge in [-0.3, -0.25) is 9.48 Å². The molecule has 0 atom stereocenters. The number of hydrogen-bond donors (Lipinski definition) is 0. The summed E-state index contributed by atoms with van der Waals surface area (Å²) in [5.41, 5.74) is 1.95. The molecule has 0 N–H and O–H groups in total. The van der Waals surface area contributed by atoms with Crippen LogP contribution in [0.15, 0.2) is 24.3 Å². The van der Waals surface area contributed by atoms with Crippen molar-refractivity contribution in [3.8, 4) is 11.5 Å². The first-order valence-electron chi connectivity index (χ1n) is 7.60. The minimum absolute atomic E-state index is 0.00765. The zero-order valence-electron chi connectivity index (χ0n) is 13.7. The number of hydrogen-bond acceptors (Lipinski definition) is 5. The number of aryl methyl sites for hydroxylation is 2. The summed E-state index contributed by atoms with van der Waals surface area (Å²) in [7, 11) is 3.71. The predicted octanol–water partition coefficient (Wildman–Crippen LogP) is 2.94. The Morgan fingerprint density at radius 3 is 2.92 bits per heavy atom. The van der Waals surface area contributed by atoms with Gasteiger partial charge in [-0.1, -0.05) is 6.07 Å². The van der Waals surface area contributed by atoms with Gasteiger partial charge < -0.3 is 14.4 Å². The highest BCUT2D eigenvalue weighted by Crippen LogP contribution is 2.33. The van der Waals surface area contributed by atoms with E-state index in [2.05, 4.69) is 5.10 Å². The van der Waals surface area contributed by atoms with Gasteiger partial charge in [0.25, 0.3) is 5.91 Å². The summed E-state index contributed by atoms with van der Waals surface area (Å²) in [6.45, 7) is 2.73. The molecule has 2 aromatic heterocycles. The number of fused-ring (bicyclic) bond motifs is 2. The highest BCUT2D eigenvalue weighted by Gasteiger charge is 2.19. The Bertz CT molecular complexity index is 910. The predicted molar refractivity (Wildman–Crippen MR) is 91.7 cm³/mol. The van der Waals surface area contributed by atoms with Crippen LogP contribution < -0.4 is 9.47 Å². The van der Waals surface area contributed by atoms with E-state index in [-0.39, 0.29) is 12.7 Å². The lowest BCUT2D eigenvalue weighted by atomic mass is 10.2. The molecule has 1 aliphatic heterocycles. The largest absolute Gasteiger partial charge is 0.454 e. The Morgan fingerprint density at radius 1 is 1.33 bits per heavy atom. The Balaban J connectivity index is 1.55. The lowest BCUT2D eigenvalue weighted by Gasteiger charge is -2.16. The molecule has 3 heterocycles. The van der Waals surface area contributed by atoms with Crippen LogP contribution >= 0.6 is 11.3 Å². The third kappa shape index (κ3) is 2.41. The number of benzene rings is 1. The molecule has 1 aliphatic rings. The van der Waals surface area contributed by atoms with E-state index in [1.54, 1.807) is 4.90 Å². The van der Waals surface area contributed by atoms with Gasteiger partial charge in [-0.05, 0) is 30.7 Å². The van der Waals surface area contributed by atoms with E-state index in [0.717, 1.165) is 37.9 Å². The summed E-state index contributed by atoms with van der Waals surface area (Å²) >= 11 is 1.48. The number of ether oxygens (including phenoxy) is 2. The lowest BCUT2D eigenvalue weighted by Crippen LogP contribution is -2.25. The van der Waals surface area contributed by atoms with E-state index < -0.39 is 0 Å². The molecule has 0 aliphatic carbocycles. The molecule has 0 radical (unpaired) electrons. The first-order chi connectivity index (χ1) is 11.5. The normalized spacial score (nSPS) is 12.8. The fraction of sp³-hybridized carbons (Fsp3) is 0.294. The highest BCUT2D eigenvalue weighted by atomic mass is 32.1. The van der Waals surface area contributed by atoms with Crippen LogP contribution in [0, 0.1) is 6.92 Å². The summed E-state index contributed by atoms with van der Waals surface area (Å²) in [5, 5.41) is 5.42. The monoisotopic (exact) mass is 343 g/mol. The van der Waals surface area contributed by atoms with Gasteiger partial charge in [-0.15, -0.1) is 11.3 Å². The van der Waals surface area contributed by atoms with Crippen LogP contribution in [0.1, 0.15) is 20.9 Å². The van der Waals surface area contributed by atoms with Gasteiger partial charge in [0.2, 0.25) is 6.79 Å². The van der Waals surface area contributed by atoms with Crippen molar-refractivity contribution in [3.63, 3.8) is 0 Å². The van der Waals surface area contributed by atoms with Gasteiger partial charge in [-0.25, -0.2) is 0 Å². The fourth-order valence-electron chi connectivity index (χ4n) is 2.88. The first-order valence-corrected chi connectivity index (χ1v) is 8.41. The molecule has 4 rings (SSSR count). The van der Waals surface area contributed by atoms with E-state index in [1.165, 1.54) is 11.3 Å². The third-order valence-corrected chi connectivity index (χ3v) is 5.30. The second-order valence-corrected chi connectivity index (χ2v) is 6.92. The molecule has 6 nitrogen and oxygen atoms in total. The van der Waals surface area contributed by atoms with Crippen LogP contribution in [-0.4, -0.2) is 34.4 Å².